The van der Waals surface area contributed by atoms with Crippen LogP contribution in [0, 0.1) is 0 Å². The van der Waals surface area contributed by atoms with E-state index in [2.05, 4.69) is 5.32 Å². The number of rotatable bonds is 5. The number of nitrogens with zero attached hydrogens (tertiary/aromatic N) is 1. The summed E-state index contributed by atoms with van der Waals surface area (Å²) in [6, 6.07) is 10.0. The van der Waals surface area contributed by atoms with Crippen LogP contribution in [0.4, 0.5) is 0 Å². The third kappa shape index (κ3) is 3.96. The van der Waals surface area contributed by atoms with E-state index >= 15 is 0 Å². The van der Waals surface area contributed by atoms with Gasteiger partial charge in [0.25, 0.3) is 11.5 Å². The number of aliphatic hydroxyl groups excluding tert-OH is 1. The number of hydrogen-bond donors (Lipinski definition) is 2. The summed E-state index contributed by atoms with van der Waals surface area (Å²) in [4.78, 5) is 23.8. The Labute approximate surface area is 133 Å². The summed E-state index contributed by atoms with van der Waals surface area (Å²) < 4.78 is 1.34. The zero-order valence-corrected chi connectivity index (χ0v) is 12.9. The predicted octanol–water partition coefficient (Wildman–Crippen LogP) is 1.89. The number of halogens is 1. The van der Waals surface area contributed by atoms with Crippen LogP contribution in [0.2, 0.25) is 5.02 Å². The topological polar surface area (TPSA) is 71.3 Å². The molecule has 0 aliphatic carbocycles. The third-order valence-corrected chi connectivity index (χ3v) is 3.54. The molecule has 0 saturated heterocycles. The molecule has 2 aromatic rings. The van der Waals surface area contributed by atoms with Crippen LogP contribution >= 0.6 is 11.6 Å². The van der Waals surface area contributed by atoms with E-state index in [1.165, 1.54) is 10.6 Å². The molecular formula is C16H17ClN2O3. The predicted molar refractivity (Wildman–Crippen MR) is 85.0 cm³/mol. The van der Waals surface area contributed by atoms with Crippen LogP contribution in [0.5, 0.6) is 0 Å². The first-order chi connectivity index (χ1) is 10.5. The highest BCUT2D eigenvalue weighted by Crippen LogP contribution is 2.19. The molecule has 0 spiro atoms. The lowest BCUT2D eigenvalue weighted by molar-refractivity contribution is 0.0940. The largest absolute Gasteiger partial charge is 0.388 e. The van der Waals surface area contributed by atoms with Crippen molar-refractivity contribution in [3.05, 3.63) is 69.1 Å². The summed E-state index contributed by atoms with van der Waals surface area (Å²) in [6.07, 6.45) is 1.19. The first kappa shape index (κ1) is 16.3. The quantitative estimate of drug-likeness (QED) is 0.883. The second kappa shape index (κ2) is 7.24. The Morgan fingerprint density at radius 1 is 1.36 bits per heavy atom. The fraction of sp³-hybridized carbons (Fsp3) is 0.250. The van der Waals surface area contributed by atoms with Crippen LogP contribution in [0.1, 0.15) is 28.4 Å². The smallest absolute Gasteiger partial charge is 0.263 e. The second-order valence-electron chi connectivity index (χ2n) is 4.95. The molecule has 1 amide bonds. The van der Waals surface area contributed by atoms with E-state index in [9.17, 15) is 14.7 Å². The highest BCUT2D eigenvalue weighted by atomic mass is 35.5. The maximum absolute atomic E-state index is 12.0. The molecule has 0 unspecified atom stereocenters. The van der Waals surface area contributed by atoms with E-state index in [0.717, 1.165) is 0 Å². The Bertz CT molecular complexity index is 727. The van der Waals surface area contributed by atoms with Gasteiger partial charge in [-0.1, -0.05) is 23.7 Å². The van der Waals surface area contributed by atoms with Crippen LogP contribution in [0.15, 0.2) is 47.4 Å². The highest BCUT2D eigenvalue weighted by molar-refractivity contribution is 6.30. The Morgan fingerprint density at radius 2 is 2.14 bits per heavy atom. The monoisotopic (exact) mass is 320 g/mol. The average Bonchev–Trinajstić information content (AvgIpc) is 2.49. The highest BCUT2D eigenvalue weighted by Gasteiger charge is 2.12. The molecule has 0 radical (unpaired) electrons. The molecule has 2 N–H and O–H groups in total. The molecule has 6 heteroatoms. The number of aliphatic hydroxyl groups is 1. The van der Waals surface area contributed by atoms with E-state index < -0.39 is 12.0 Å². The molecule has 0 aliphatic heterocycles. The van der Waals surface area contributed by atoms with Crippen molar-refractivity contribution in [2.24, 2.45) is 7.05 Å². The molecule has 0 bridgehead atoms. The molecule has 116 valence electrons. The summed E-state index contributed by atoms with van der Waals surface area (Å²) in [5.74, 6) is -0.445. The fourth-order valence-corrected chi connectivity index (χ4v) is 2.27. The van der Waals surface area contributed by atoms with E-state index in [0.29, 0.717) is 17.0 Å². The molecule has 5 nitrogen and oxygen atoms in total. The molecule has 1 heterocycles. The lowest BCUT2D eigenvalue weighted by atomic mass is 10.1. The van der Waals surface area contributed by atoms with E-state index in [1.807, 2.05) is 0 Å². The Morgan fingerprint density at radius 3 is 2.86 bits per heavy atom. The number of nitrogens with one attached hydrogen (secondary N) is 1. The second-order valence-corrected chi connectivity index (χ2v) is 5.39. The minimum Gasteiger partial charge on any atom is -0.388 e. The van der Waals surface area contributed by atoms with Gasteiger partial charge in [-0.15, -0.1) is 0 Å². The van der Waals surface area contributed by atoms with Crippen molar-refractivity contribution in [3.8, 4) is 0 Å². The average molecular weight is 321 g/mol. The summed E-state index contributed by atoms with van der Waals surface area (Å²) in [5.41, 5.74) is 0.426. The summed E-state index contributed by atoms with van der Waals surface area (Å²) in [7, 11) is 1.59. The minimum atomic E-state index is -0.724. The number of carbonyl (C=O) groups excluding carboxylic acids is 1. The Balaban J connectivity index is 1.92. The lowest BCUT2D eigenvalue weighted by Crippen LogP contribution is -2.32. The number of aryl methyl sites for hydroxylation is 1. The SMILES string of the molecule is Cn1cccc(C(=O)NCC[C@H](O)c2cccc(Cl)c2)c1=O. The zero-order chi connectivity index (χ0) is 16.1. The number of hydrogen-bond acceptors (Lipinski definition) is 3. The fourth-order valence-electron chi connectivity index (χ4n) is 2.07. The van der Waals surface area contributed by atoms with Crippen molar-refractivity contribution in [3.63, 3.8) is 0 Å². The first-order valence-corrected chi connectivity index (χ1v) is 7.24. The molecule has 0 aliphatic rings. The van der Waals surface area contributed by atoms with Gasteiger partial charge in [0.2, 0.25) is 0 Å². The molecule has 2 rings (SSSR count). The Hall–Kier alpha value is -2.11. The van der Waals surface area contributed by atoms with Crippen LogP contribution in [0.25, 0.3) is 0 Å². The number of amides is 1. The molecule has 0 fully saturated rings. The van der Waals surface area contributed by atoms with Gasteiger partial charge in [-0.3, -0.25) is 9.59 Å². The number of aromatic nitrogens is 1. The van der Waals surface area contributed by atoms with Gasteiger partial charge in [-0.2, -0.15) is 0 Å². The van der Waals surface area contributed by atoms with Crippen molar-refractivity contribution in [2.75, 3.05) is 6.54 Å². The van der Waals surface area contributed by atoms with Crippen molar-refractivity contribution < 1.29 is 9.90 Å². The minimum absolute atomic E-state index is 0.0854. The summed E-state index contributed by atoms with van der Waals surface area (Å²) in [6.45, 7) is 0.255. The molecule has 0 saturated carbocycles. The standard InChI is InChI=1S/C16H17ClN2O3/c1-19-9-3-6-13(16(19)22)15(21)18-8-7-14(20)11-4-2-5-12(17)10-11/h2-6,9-10,14,20H,7-8H2,1H3,(H,18,21)/t14-/m0/s1. The van der Waals surface area contributed by atoms with Crippen LogP contribution in [-0.2, 0) is 7.05 Å². The molecule has 1 aromatic heterocycles. The van der Waals surface area contributed by atoms with E-state index in [4.69, 9.17) is 11.6 Å². The van der Waals surface area contributed by atoms with Gasteiger partial charge in [-0.05, 0) is 36.2 Å². The number of benzene rings is 1. The van der Waals surface area contributed by atoms with Gasteiger partial charge in [0.15, 0.2) is 0 Å². The summed E-state index contributed by atoms with van der Waals surface area (Å²) >= 11 is 5.87. The Kier molecular flexibility index (Phi) is 5.35. The maximum Gasteiger partial charge on any atom is 0.263 e. The van der Waals surface area contributed by atoms with Gasteiger partial charge in [-0.25, -0.2) is 0 Å². The first-order valence-electron chi connectivity index (χ1n) is 6.86. The van der Waals surface area contributed by atoms with Gasteiger partial charge >= 0.3 is 0 Å². The molecule has 22 heavy (non-hydrogen) atoms. The van der Waals surface area contributed by atoms with Crippen molar-refractivity contribution >= 4 is 17.5 Å². The zero-order valence-electron chi connectivity index (χ0n) is 12.1. The van der Waals surface area contributed by atoms with Crippen molar-refractivity contribution in [2.45, 2.75) is 12.5 Å². The van der Waals surface area contributed by atoms with E-state index in [-0.39, 0.29) is 17.7 Å². The maximum atomic E-state index is 12.0. The van der Waals surface area contributed by atoms with Crippen LogP contribution < -0.4 is 10.9 Å². The van der Waals surface area contributed by atoms with Gasteiger partial charge < -0.3 is 15.0 Å². The molecular weight excluding hydrogens is 304 g/mol. The lowest BCUT2D eigenvalue weighted by Gasteiger charge is -2.12. The number of pyridine rings is 1. The molecule has 1 atom stereocenters. The van der Waals surface area contributed by atoms with E-state index in [1.54, 1.807) is 43.6 Å². The number of carbonyl (C=O) groups is 1. The van der Waals surface area contributed by atoms with Gasteiger partial charge in [0, 0.05) is 24.8 Å². The third-order valence-electron chi connectivity index (χ3n) is 3.30. The van der Waals surface area contributed by atoms with Crippen LogP contribution in [0.3, 0.4) is 0 Å². The van der Waals surface area contributed by atoms with Gasteiger partial charge in [0.1, 0.15) is 5.56 Å². The van der Waals surface area contributed by atoms with Crippen molar-refractivity contribution in [1.82, 2.24) is 9.88 Å². The van der Waals surface area contributed by atoms with Crippen molar-refractivity contribution in [1.29, 1.82) is 0 Å². The van der Waals surface area contributed by atoms with Gasteiger partial charge in [0.05, 0.1) is 6.10 Å². The normalized spacial score (nSPS) is 12.0. The van der Waals surface area contributed by atoms with Crippen LogP contribution in [-0.4, -0.2) is 22.1 Å². The molecule has 1 aromatic carbocycles. The summed E-state index contributed by atoms with van der Waals surface area (Å²) in [5, 5.41) is 13.2.